The molecule has 2 heterocycles. The van der Waals surface area contributed by atoms with E-state index in [1.165, 1.54) is 6.07 Å². The second kappa shape index (κ2) is 5.34. The van der Waals surface area contributed by atoms with E-state index in [4.69, 9.17) is 16.0 Å². The van der Waals surface area contributed by atoms with E-state index >= 15 is 0 Å². The summed E-state index contributed by atoms with van der Waals surface area (Å²) in [6.45, 7) is 2.25. The lowest BCUT2D eigenvalue weighted by molar-refractivity contribution is 0.0995. The Balaban J connectivity index is 1.99. The summed E-state index contributed by atoms with van der Waals surface area (Å²) in [6.07, 6.45) is 0.531. The lowest BCUT2D eigenvalue weighted by Gasteiger charge is -2.07. The van der Waals surface area contributed by atoms with Crippen LogP contribution in [0, 0.1) is 6.92 Å². The van der Waals surface area contributed by atoms with Gasteiger partial charge >= 0.3 is 0 Å². The van der Waals surface area contributed by atoms with E-state index in [2.05, 4.69) is 20.4 Å². The molecule has 0 fully saturated rings. The van der Waals surface area contributed by atoms with E-state index in [-0.39, 0.29) is 5.69 Å². The number of nitrogens with two attached hydrogens (primary N) is 2. The van der Waals surface area contributed by atoms with E-state index in [1.54, 1.807) is 13.0 Å². The molecule has 1 amide bonds. The number of pyridine rings is 1. The van der Waals surface area contributed by atoms with Gasteiger partial charge in [0.2, 0.25) is 5.89 Å². The highest BCUT2D eigenvalue weighted by atomic mass is 16.5. The van der Waals surface area contributed by atoms with Gasteiger partial charge in [0.1, 0.15) is 11.5 Å². The van der Waals surface area contributed by atoms with Gasteiger partial charge < -0.3 is 21.3 Å². The molecular weight excluding hydrogens is 248 g/mol. The third-order valence-corrected chi connectivity index (χ3v) is 2.38. The summed E-state index contributed by atoms with van der Waals surface area (Å²) in [7, 11) is 0. The zero-order valence-corrected chi connectivity index (χ0v) is 10.4. The Morgan fingerprint density at radius 3 is 2.84 bits per heavy atom. The third-order valence-electron chi connectivity index (χ3n) is 2.38. The topological polar surface area (TPSA) is 133 Å². The monoisotopic (exact) mass is 262 g/mol. The second-order valence-corrected chi connectivity index (χ2v) is 3.91. The summed E-state index contributed by atoms with van der Waals surface area (Å²) < 4.78 is 4.97. The predicted molar refractivity (Wildman–Crippen MR) is 68.4 cm³/mol. The fraction of sp³-hybridized carbons (Fsp3) is 0.273. The SMILES string of the molecule is Cc1noc(CCNc2nc(C(N)=O)ccc2N)n1. The average Bonchev–Trinajstić information content (AvgIpc) is 2.77. The first-order valence-corrected chi connectivity index (χ1v) is 5.65. The number of carbonyl (C=O) groups excluding carboxylic acids is 1. The van der Waals surface area contributed by atoms with Crippen LogP contribution >= 0.6 is 0 Å². The van der Waals surface area contributed by atoms with Crippen LogP contribution in [0.5, 0.6) is 0 Å². The van der Waals surface area contributed by atoms with Gasteiger partial charge in [-0.25, -0.2) is 4.98 Å². The summed E-state index contributed by atoms with van der Waals surface area (Å²) >= 11 is 0. The maximum absolute atomic E-state index is 11.0. The van der Waals surface area contributed by atoms with Gasteiger partial charge in [0, 0.05) is 13.0 Å². The van der Waals surface area contributed by atoms with Crippen LogP contribution in [0.25, 0.3) is 0 Å². The van der Waals surface area contributed by atoms with Crippen molar-refractivity contribution in [2.75, 3.05) is 17.6 Å². The Hall–Kier alpha value is -2.64. The van der Waals surface area contributed by atoms with Crippen molar-refractivity contribution in [2.24, 2.45) is 5.73 Å². The molecule has 2 rings (SSSR count). The molecule has 100 valence electrons. The van der Waals surface area contributed by atoms with E-state index < -0.39 is 5.91 Å². The normalized spacial score (nSPS) is 10.4. The second-order valence-electron chi connectivity index (χ2n) is 3.91. The largest absolute Gasteiger partial charge is 0.396 e. The number of nitrogens with one attached hydrogen (secondary N) is 1. The number of amides is 1. The number of hydrogen-bond donors (Lipinski definition) is 3. The van der Waals surface area contributed by atoms with E-state index in [0.29, 0.717) is 36.2 Å². The lowest BCUT2D eigenvalue weighted by Crippen LogP contribution is -2.16. The molecule has 8 nitrogen and oxygen atoms in total. The summed E-state index contributed by atoms with van der Waals surface area (Å²) in [5.41, 5.74) is 11.5. The minimum Gasteiger partial charge on any atom is -0.396 e. The molecule has 0 spiro atoms. The maximum atomic E-state index is 11.0. The molecule has 0 atom stereocenters. The van der Waals surface area contributed by atoms with Crippen molar-refractivity contribution in [1.82, 2.24) is 15.1 Å². The predicted octanol–water partition coefficient (Wildman–Crippen LogP) is 0.109. The minimum absolute atomic E-state index is 0.158. The quantitative estimate of drug-likeness (QED) is 0.696. The van der Waals surface area contributed by atoms with Gasteiger partial charge in [0.05, 0.1) is 5.69 Å². The number of aryl methyl sites for hydroxylation is 1. The third kappa shape index (κ3) is 3.18. The molecular formula is C11H14N6O2. The Kier molecular flexibility index (Phi) is 3.60. The smallest absolute Gasteiger partial charge is 0.267 e. The van der Waals surface area contributed by atoms with Crippen LogP contribution in [0.2, 0.25) is 0 Å². The number of rotatable bonds is 5. The summed E-state index contributed by atoms with van der Waals surface area (Å²) in [5, 5.41) is 6.68. The number of nitrogen functional groups attached to an aromatic ring is 1. The number of anilines is 2. The number of carbonyl (C=O) groups is 1. The Morgan fingerprint density at radius 2 is 2.21 bits per heavy atom. The molecule has 19 heavy (non-hydrogen) atoms. The van der Waals surface area contributed by atoms with Gasteiger partial charge in [-0.3, -0.25) is 4.79 Å². The molecule has 0 radical (unpaired) electrons. The van der Waals surface area contributed by atoms with Gasteiger partial charge in [-0.1, -0.05) is 5.16 Å². The molecule has 0 bridgehead atoms. The molecule has 2 aromatic heterocycles. The molecule has 2 aromatic rings. The lowest BCUT2D eigenvalue weighted by atomic mass is 10.3. The molecule has 5 N–H and O–H groups in total. The number of aromatic nitrogens is 3. The molecule has 0 aliphatic carbocycles. The molecule has 8 heteroatoms. The van der Waals surface area contributed by atoms with Crippen LogP contribution < -0.4 is 16.8 Å². The minimum atomic E-state index is -0.601. The highest BCUT2D eigenvalue weighted by Gasteiger charge is 2.08. The average molecular weight is 262 g/mol. The van der Waals surface area contributed by atoms with Crippen molar-refractivity contribution in [2.45, 2.75) is 13.3 Å². The van der Waals surface area contributed by atoms with Gasteiger partial charge in [-0.05, 0) is 19.1 Å². The van der Waals surface area contributed by atoms with Crippen molar-refractivity contribution in [3.8, 4) is 0 Å². The van der Waals surface area contributed by atoms with Gasteiger partial charge in [0.15, 0.2) is 5.82 Å². The molecule has 0 saturated heterocycles. The van der Waals surface area contributed by atoms with Crippen LogP contribution in [0.15, 0.2) is 16.7 Å². The zero-order chi connectivity index (χ0) is 13.8. The van der Waals surface area contributed by atoms with Gasteiger partial charge in [-0.2, -0.15) is 4.98 Å². The molecule has 0 saturated carbocycles. The number of nitrogens with zero attached hydrogens (tertiary/aromatic N) is 3. The Morgan fingerprint density at radius 1 is 1.42 bits per heavy atom. The Bertz CT molecular complexity index is 595. The molecule has 0 unspecified atom stereocenters. The summed E-state index contributed by atoms with van der Waals surface area (Å²) in [5.74, 6) is 0.918. The summed E-state index contributed by atoms with van der Waals surface area (Å²) in [6, 6.07) is 3.05. The molecule has 0 aliphatic rings. The van der Waals surface area contributed by atoms with E-state index in [1.807, 2.05) is 0 Å². The van der Waals surface area contributed by atoms with Gasteiger partial charge in [-0.15, -0.1) is 0 Å². The first kappa shape index (κ1) is 12.8. The van der Waals surface area contributed by atoms with E-state index in [0.717, 1.165) is 0 Å². The van der Waals surface area contributed by atoms with Crippen LogP contribution in [-0.2, 0) is 6.42 Å². The van der Waals surface area contributed by atoms with Crippen LogP contribution in [0.3, 0.4) is 0 Å². The molecule has 0 aromatic carbocycles. The maximum Gasteiger partial charge on any atom is 0.267 e. The van der Waals surface area contributed by atoms with Gasteiger partial charge in [0.25, 0.3) is 5.91 Å². The van der Waals surface area contributed by atoms with Crippen LogP contribution in [0.4, 0.5) is 11.5 Å². The summed E-state index contributed by atoms with van der Waals surface area (Å²) in [4.78, 5) is 19.1. The highest BCUT2D eigenvalue weighted by Crippen LogP contribution is 2.15. The fourth-order valence-electron chi connectivity index (χ4n) is 1.48. The van der Waals surface area contributed by atoms with Crippen LogP contribution in [0.1, 0.15) is 22.2 Å². The highest BCUT2D eigenvalue weighted by molar-refractivity contribution is 5.91. The first-order valence-electron chi connectivity index (χ1n) is 5.65. The van der Waals surface area contributed by atoms with Crippen molar-refractivity contribution in [3.63, 3.8) is 0 Å². The van der Waals surface area contributed by atoms with Crippen molar-refractivity contribution < 1.29 is 9.32 Å². The number of hydrogen-bond acceptors (Lipinski definition) is 7. The standard InChI is InChI=1S/C11H14N6O2/c1-6-15-9(19-17-6)4-5-14-11-7(12)2-3-8(16-11)10(13)18/h2-3H,4-5,12H2,1H3,(H2,13,18)(H,14,16). The van der Waals surface area contributed by atoms with Crippen LogP contribution in [-0.4, -0.2) is 27.6 Å². The van der Waals surface area contributed by atoms with Crippen molar-refractivity contribution in [3.05, 3.63) is 29.5 Å². The zero-order valence-electron chi connectivity index (χ0n) is 10.4. The van der Waals surface area contributed by atoms with Crippen molar-refractivity contribution >= 4 is 17.4 Å². The Labute approximate surface area is 109 Å². The number of primary amides is 1. The van der Waals surface area contributed by atoms with Crippen molar-refractivity contribution in [1.29, 1.82) is 0 Å². The first-order chi connectivity index (χ1) is 9.06. The fourth-order valence-corrected chi connectivity index (χ4v) is 1.48. The van der Waals surface area contributed by atoms with E-state index in [9.17, 15) is 4.79 Å². The molecule has 0 aliphatic heterocycles.